The lowest BCUT2D eigenvalue weighted by Gasteiger charge is -2.06. The molecule has 3 aromatic rings. The third-order valence-corrected chi connectivity index (χ3v) is 2.75. The maximum Gasteiger partial charge on any atom is 0.238 e. The predicted octanol–water partition coefficient (Wildman–Crippen LogP) is 2.20. The quantitative estimate of drug-likeness (QED) is 0.513. The van der Waals surface area contributed by atoms with Gasteiger partial charge in [0, 0.05) is 25.0 Å². The van der Waals surface area contributed by atoms with E-state index in [9.17, 15) is 0 Å². The second-order valence-electron chi connectivity index (χ2n) is 3.97. The molecule has 0 bridgehead atoms. The van der Waals surface area contributed by atoms with Crippen molar-refractivity contribution < 1.29 is 4.42 Å². The fourth-order valence-corrected chi connectivity index (χ4v) is 1.72. The van der Waals surface area contributed by atoms with Crippen LogP contribution in [0.15, 0.2) is 41.4 Å². The van der Waals surface area contributed by atoms with Crippen molar-refractivity contribution in [1.29, 1.82) is 5.26 Å². The van der Waals surface area contributed by atoms with Crippen molar-refractivity contribution in [3.05, 3.63) is 37.0 Å². The zero-order chi connectivity index (χ0) is 13.2. The van der Waals surface area contributed by atoms with Gasteiger partial charge in [-0.2, -0.15) is 5.26 Å². The van der Waals surface area contributed by atoms with E-state index in [0.29, 0.717) is 5.95 Å². The summed E-state index contributed by atoms with van der Waals surface area (Å²) in [6.07, 6.45) is 6.71. The highest BCUT2D eigenvalue weighted by molar-refractivity contribution is 5.79. The SMILES string of the molecule is CN(C#N)c1ncc(-c2ccc3ncoc3c2)cn1. The highest BCUT2D eigenvalue weighted by Crippen LogP contribution is 2.23. The molecule has 0 spiro atoms. The summed E-state index contributed by atoms with van der Waals surface area (Å²) < 4.78 is 5.26. The molecule has 6 nitrogen and oxygen atoms in total. The van der Waals surface area contributed by atoms with Crippen LogP contribution in [-0.2, 0) is 0 Å². The molecule has 0 saturated carbocycles. The molecule has 2 aromatic heterocycles. The summed E-state index contributed by atoms with van der Waals surface area (Å²) >= 11 is 0. The predicted molar refractivity (Wildman–Crippen MR) is 69.1 cm³/mol. The Labute approximate surface area is 109 Å². The van der Waals surface area contributed by atoms with Crippen molar-refractivity contribution in [2.45, 2.75) is 0 Å². The monoisotopic (exact) mass is 251 g/mol. The molecule has 0 unspecified atom stereocenters. The van der Waals surface area contributed by atoms with E-state index in [1.165, 1.54) is 11.3 Å². The smallest absolute Gasteiger partial charge is 0.238 e. The van der Waals surface area contributed by atoms with Crippen LogP contribution < -0.4 is 4.90 Å². The summed E-state index contributed by atoms with van der Waals surface area (Å²) in [6.45, 7) is 0. The van der Waals surface area contributed by atoms with Gasteiger partial charge in [-0.3, -0.25) is 4.90 Å². The molecule has 0 saturated heterocycles. The number of rotatable bonds is 2. The van der Waals surface area contributed by atoms with Crippen LogP contribution in [0.3, 0.4) is 0 Å². The molecular weight excluding hydrogens is 242 g/mol. The molecule has 92 valence electrons. The largest absolute Gasteiger partial charge is 0.443 e. The van der Waals surface area contributed by atoms with Gasteiger partial charge in [-0.1, -0.05) is 6.07 Å². The van der Waals surface area contributed by atoms with E-state index in [4.69, 9.17) is 9.68 Å². The first-order valence-corrected chi connectivity index (χ1v) is 5.57. The molecule has 0 atom stereocenters. The number of hydrogen-bond donors (Lipinski definition) is 0. The Morgan fingerprint density at radius 1 is 1.16 bits per heavy atom. The Bertz CT molecular complexity index is 757. The Morgan fingerprint density at radius 2 is 1.95 bits per heavy atom. The van der Waals surface area contributed by atoms with Crippen LogP contribution in [0, 0.1) is 11.5 Å². The van der Waals surface area contributed by atoms with Crippen molar-refractivity contribution in [2.75, 3.05) is 11.9 Å². The number of fused-ring (bicyclic) bond motifs is 1. The van der Waals surface area contributed by atoms with Gasteiger partial charge < -0.3 is 4.42 Å². The second kappa shape index (κ2) is 4.38. The standard InChI is InChI=1S/C13H9N5O/c1-18(7-14)13-15-5-10(6-16-13)9-2-3-11-12(4-9)19-8-17-11/h2-6,8H,1H3. The molecule has 0 fully saturated rings. The van der Waals surface area contributed by atoms with E-state index in [1.54, 1.807) is 19.4 Å². The van der Waals surface area contributed by atoms with Crippen molar-refractivity contribution in [3.63, 3.8) is 0 Å². The van der Waals surface area contributed by atoms with Crippen LogP contribution in [0.2, 0.25) is 0 Å². The van der Waals surface area contributed by atoms with Crippen LogP contribution in [0.5, 0.6) is 0 Å². The van der Waals surface area contributed by atoms with Crippen LogP contribution in [0.25, 0.3) is 22.2 Å². The summed E-state index contributed by atoms with van der Waals surface area (Å²) in [6, 6.07) is 5.69. The van der Waals surface area contributed by atoms with E-state index in [0.717, 1.165) is 22.2 Å². The average molecular weight is 251 g/mol. The summed E-state index contributed by atoms with van der Waals surface area (Å²) in [5.74, 6) is 0.368. The summed E-state index contributed by atoms with van der Waals surface area (Å²) in [7, 11) is 1.61. The Hall–Kier alpha value is -2.94. The molecule has 2 heterocycles. The van der Waals surface area contributed by atoms with Crippen molar-refractivity contribution in [2.24, 2.45) is 0 Å². The van der Waals surface area contributed by atoms with Crippen LogP contribution in [-0.4, -0.2) is 22.0 Å². The Kier molecular flexibility index (Phi) is 2.58. The molecule has 0 amide bonds. The van der Waals surface area contributed by atoms with Crippen LogP contribution >= 0.6 is 0 Å². The molecule has 0 N–H and O–H groups in total. The van der Waals surface area contributed by atoms with E-state index in [-0.39, 0.29) is 0 Å². The van der Waals surface area contributed by atoms with Gasteiger partial charge in [0.1, 0.15) is 5.52 Å². The highest BCUT2D eigenvalue weighted by Gasteiger charge is 2.06. The minimum absolute atomic E-state index is 0.368. The Morgan fingerprint density at radius 3 is 2.68 bits per heavy atom. The van der Waals surface area contributed by atoms with Crippen molar-refractivity contribution in [1.82, 2.24) is 15.0 Å². The minimum atomic E-state index is 0.368. The average Bonchev–Trinajstić information content (AvgIpc) is 2.94. The molecule has 6 heteroatoms. The summed E-state index contributed by atoms with van der Waals surface area (Å²) in [5, 5.41) is 8.75. The third-order valence-electron chi connectivity index (χ3n) is 2.75. The third kappa shape index (κ3) is 1.98. The van der Waals surface area contributed by atoms with Gasteiger partial charge in [-0.15, -0.1) is 0 Å². The summed E-state index contributed by atoms with van der Waals surface area (Å²) in [5.41, 5.74) is 3.32. The zero-order valence-corrected chi connectivity index (χ0v) is 10.1. The maximum absolute atomic E-state index is 8.75. The Balaban J connectivity index is 1.99. The molecular formula is C13H9N5O. The zero-order valence-electron chi connectivity index (χ0n) is 10.1. The lowest BCUT2D eigenvalue weighted by molar-refractivity contribution is 0.602. The van der Waals surface area contributed by atoms with Crippen molar-refractivity contribution >= 4 is 17.0 Å². The van der Waals surface area contributed by atoms with E-state index >= 15 is 0 Å². The van der Waals surface area contributed by atoms with Crippen LogP contribution in [0.1, 0.15) is 0 Å². The van der Waals surface area contributed by atoms with Gasteiger partial charge in [0.25, 0.3) is 0 Å². The second-order valence-corrected chi connectivity index (χ2v) is 3.97. The highest BCUT2D eigenvalue weighted by atomic mass is 16.3. The van der Waals surface area contributed by atoms with Crippen molar-refractivity contribution in [3.8, 4) is 17.3 Å². The minimum Gasteiger partial charge on any atom is -0.443 e. The van der Waals surface area contributed by atoms with Crippen LogP contribution in [0.4, 0.5) is 5.95 Å². The molecule has 1 aromatic carbocycles. The number of aromatic nitrogens is 3. The van der Waals surface area contributed by atoms with Gasteiger partial charge in [0.15, 0.2) is 18.2 Å². The number of anilines is 1. The number of nitriles is 1. The number of oxazole rings is 1. The molecule has 0 aliphatic rings. The van der Waals surface area contributed by atoms with E-state index < -0.39 is 0 Å². The molecule has 19 heavy (non-hydrogen) atoms. The number of benzene rings is 1. The van der Waals surface area contributed by atoms with Gasteiger partial charge in [-0.25, -0.2) is 15.0 Å². The lowest BCUT2D eigenvalue weighted by Crippen LogP contribution is -2.11. The van der Waals surface area contributed by atoms with E-state index in [1.807, 2.05) is 24.4 Å². The number of nitrogens with zero attached hydrogens (tertiary/aromatic N) is 5. The molecule has 3 rings (SSSR count). The van der Waals surface area contributed by atoms with Gasteiger partial charge in [0.05, 0.1) is 0 Å². The number of hydrogen-bond acceptors (Lipinski definition) is 6. The lowest BCUT2D eigenvalue weighted by atomic mass is 10.1. The first-order valence-electron chi connectivity index (χ1n) is 5.57. The van der Waals surface area contributed by atoms with E-state index in [2.05, 4.69) is 15.0 Å². The van der Waals surface area contributed by atoms with Gasteiger partial charge >= 0.3 is 0 Å². The first kappa shape index (κ1) is 11.2. The van der Waals surface area contributed by atoms with Gasteiger partial charge in [-0.05, 0) is 17.7 Å². The fraction of sp³-hybridized carbons (Fsp3) is 0.0769. The maximum atomic E-state index is 8.75. The molecule has 0 aliphatic heterocycles. The molecule has 0 aliphatic carbocycles. The normalized spacial score (nSPS) is 10.3. The first-order chi connectivity index (χ1) is 9.28. The summed E-state index contributed by atoms with van der Waals surface area (Å²) in [4.78, 5) is 13.6. The van der Waals surface area contributed by atoms with Gasteiger partial charge in [0.2, 0.25) is 5.95 Å². The topological polar surface area (TPSA) is 78.8 Å². The molecule has 0 radical (unpaired) electrons. The fourth-order valence-electron chi connectivity index (χ4n) is 1.72.